The molecule has 0 rings (SSSR count). The second-order valence-corrected chi connectivity index (χ2v) is 5.21. The van der Waals surface area contributed by atoms with Crippen LogP contribution in [0.15, 0.2) is 0 Å². The van der Waals surface area contributed by atoms with E-state index in [1.54, 1.807) is 0 Å². The van der Waals surface area contributed by atoms with Crippen LogP contribution in [0.3, 0.4) is 0 Å². The van der Waals surface area contributed by atoms with Crippen molar-refractivity contribution in [2.75, 3.05) is 12.5 Å². The highest BCUT2D eigenvalue weighted by molar-refractivity contribution is 7.81. The molecule has 0 aromatic carbocycles. The first-order chi connectivity index (χ1) is 7.10. The lowest BCUT2D eigenvalue weighted by Gasteiger charge is -2.19. The molecule has 0 heterocycles. The lowest BCUT2D eigenvalue weighted by atomic mass is 9.77. The summed E-state index contributed by atoms with van der Waals surface area (Å²) in [5, 5.41) is 0.515. The van der Waals surface area contributed by atoms with Gasteiger partial charge in [0.2, 0.25) is 0 Å². The van der Waals surface area contributed by atoms with E-state index in [-0.39, 0.29) is 5.82 Å². The molecule has 3 atom stereocenters. The third-order valence-corrected chi connectivity index (χ3v) is 3.33. The normalized spacial score (nSPS) is 17.3. The summed E-state index contributed by atoms with van der Waals surface area (Å²) < 4.78 is 5.16. The van der Waals surface area contributed by atoms with Gasteiger partial charge in [0.15, 0.2) is 0 Å². The van der Waals surface area contributed by atoms with Crippen molar-refractivity contribution in [1.29, 1.82) is 0 Å². The summed E-state index contributed by atoms with van der Waals surface area (Å²) in [4.78, 5) is 0. The molecule has 0 spiro atoms. The molecule has 2 radical (unpaired) electrons. The number of rotatable bonds is 9. The average molecular weight is 246 g/mol. The first kappa shape index (κ1) is 15.7. The average Bonchev–Trinajstić information content (AvgIpc) is 2.17. The highest BCUT2D eigenvalue weighted by atomic mass is 32.1. The molecule has 0 saturated heterocycles. The topological polar surface area (TPSA) is 9.23 Å². The van der Waals surface area contributed by atoms with Gasteiger partial charge in [0.25, 0.3) is 0 Å². The van der Waals surface area contributed by atoms with Crippen molar-refractivity contribution in [2.45, 2.75) is 50.6 Å². The van der Waals surface area contributed by atoms with Crippen molar-refractivity contribution in [3.05, 3.63) is 0 Å². The Morgan fingerprint density at radius 3 is 2.53 bits per heavy atom. The highest BCUT2D eigenvalue weighted by Gasteiger charge is 2.11. The maximum Gasteiger partial charge on any atom is 0.0892 e. The van der Waals surface area contributed by atoms with Crippen LogP contribution < -0.4 is 0 Å². The SMILES string of the molecule is [B][C@@H](CCOCS)CC(C)CC(S)CC. The molecule has 2 unspecified atom stereocenters. The standard InChI is InChI=1S/C11H23BOS2/c1-3-11(15)7-9(2)6-10(12)4-5-13-8-14/h9-11,14-15H,3-8H2,1-2H3/t9?,10-,11?/m0/s1. The van der Waals surface area contributed by atoms with E-state index in [0.717, 1.165) is 32.3 Å². The molecule has 0 fully saturated rings. The molecule has 0 amide bonds. The molecule has 0 aromatic rings. The van der Waals surface area contributed by atoms with Crippen LogP contribution in [0.4, 0.5) is 0 Å². The second-order valence-electron chi connectivity index (χ2n) is 4.22. The molecular formula is C11H23BOS2. The van der Waals surface area contributed by atoms with Gasteiger partial charge in [-0.3, -0.25) is 0 Å². The van der Waals surface area contributed by atoms with Crippen molar-refractivity contribution in [3.63, 3.8) is 0 Å². The lowest BCUT2D eigenvalue weighted by molar-refractivity contribution is 0.176. The van der Waals surface area contributed by atoms with Gasteiger partial charge in [-0.2, -0.15) is 25.3 Å². The molecule has 0 aliphatic rings. The van der Waals surface area contributed by atoms with Crippen LogP contribution in [0.2, 0.25) is 5.82 Å². The van der Waals surface area contributed by atoms with Crippen molar-refractivity contribution in [2.24, 2.45) is 5.92 Å². The molecule has 0 bridgehead atoms. The van der Waals surface area contributed by atoms with Gasteiger partial charge in [-0.1, -0.05) is 26.1 Å². The molecule has 0 saturated carbocycles. The molecule has 0 aliphatic heterocycles. The molecular weight excluding hydrogens is 223 g/mol. The van der Waals surface area contributed by atoms with Crippen LogP contribution in [-0.4, -0.2) is 25.6 Å². The Kier molecular flexibility index (Phi) is 10.4. The van der Waals surface area contributed by atoms with E-state index >= 15 is 0 Å². The zero-order valence-electron chi connectivity index (χ0n) is 9.85. The Balaban J connectivity index is 3.52. The first-order valence-corrected chi connectivity index (χ1v) is 6.87. The van der Waals surface area contributed by atoms with Crippen molar-refractivity contribution in [3.8, 4) is 0 Å². The van der Waals surface area contributed by atoms with Crippen LogP contribution in [0, 0.1) is 5.92 Å². The van der Waals surface area contributed by atoms with E-state index in [2.05, 4.69) is 39.1 Å². The summed E-state index contributed by atoms with van der Waals surface area (Å²) in [6.07, 6.45) is 4.27. The summed E-state index contributed by atoms with van der Waals surface area (Å²) in [7, 11) is 6.00. The molecule has 1 nitrogen and oxygen atoms in total. The number of thiol groups is 2. The van der Waals surface area contributed by atoms with E-state index in [0.29, 0.717) is 17.1 Å². The van der Waals surface area contributed by atoms with Crippen LogP contribution in [0.25, 0.3) is 0 Å². The maximum absolute atomic E-state index is 6.00. The van der Waals surface area contributed by atoms with E-state index in [1.165, 1.54) is 0 Å². The Bertz CT molecular complexity index is 147. The molecule has 0 aromatic heterocycles. The van der Waals surface area contributed by atoms with Crippen LogP contribution >= 0.6 is 25.3 Å². The Hall–Kier alpha value is 0.725. The summed E-state index contributed by atoms with van der Waals surface area (Å²) in [5.74, 6) is 1.38. The fraction of sp³-hybridized carbons (Fsp3) is 1.00. The van der Waals surface area contributed by atoms with Gasteiger partial charge in [0, 0.05) is 11.9 Å². The van der Waals surface area contributed by atoms with Crippen molar-refractivity contribution < 1.29 is 4.74 Å². The number of hydrogen-bond donors (Lipinski definition) is 2. The van der Waals surface area contributed by atoms with Gasteiger partial charge in [0.05, 0.1) is 13.8 Å². The lowest BCUT2D eigenvalue weighted by Crippen LogP contribution is -2.09. The van der Waals surface area contributed by atoms with Gasteiger partial charge in [-0.15, -0.1) is 0 Å². The van der Waals surface area contributed by atoms with Crippen molar-refractivity contribution in [1.82, 2.24) is 0 Å². The van der Waals surface area contributed by atoms with Crippen LogP contribution in [0.5, 0.6) is 0 Å². The van der Waals surface area contributed by atoms with Gasteiger partial charge < -0.3 is 4.74 Å². The summed E-state index contributed by atoms with van der Waals surface area (Å²) in [6, 6.07) is 0. The highest BCUT2D eigenvalue weighted by Crippen LogP contribution is 2.24. The van der Waals surface area contributed by atoms with Crippen LogP contribution in [0.1, 0.15) is 39.5 Å². The molecule has 88 valence electrons. The predicted molar refractivity (Wildman–Crippen MR) is 75.4 cm³/mol. The fourth-order valence-electron chi connectivity index (χ4n) is 1.66. The number of ether oxygens (including phenoxy) is 1. The Morgan fingerprint density at radius 1 is 1.33 bits per heavy atom. The van der Waals surface area contributed by atoms with E-state index in [9.17, 15) is 0 Å². The van der Waals surface area contributed by atoms with Gasteiger partial charge >= 0.3 is 0 Å². The fourth-order valence-corrected chi connectivity index (χ4v) is 2.15. The molecule has 15 heavy (non-hydrogen) atoms. The third kappa shape index (κ3) is 9.64. The first-order valence-electron chi connectivity index (χ1n) is 5.72. The van der Waals surface area contributed by atoms with Crippen molar-refractivity contribution >= 4 is 33.1 Å². The summed E-state index contributed by atoms with van der Waals surface area (Å²) >= 11 is 8.48. The minimum absolute atomic E-state index is 0.247. The summed E-state index contributed by atoms with van der Waals surface area (Å²) in [5.41, 5.74) is 0. The Labute approximate surface area is 107 Å². The smallest absolute Gasteiger partial charge is 0.0892 e. The zero-order valence-corrected chi connectivity index (χ0v) is 11.6. The maximum atomic E-state index is 6.00. The Morgan fingerprint density at radius 2 is 2.00 bits per heavy atom. The van der Waals surface area contributed by atoms with Gasteiger partial charge in [0.1, 0.15) is 0 Å². The molecule has 0 aliphatic carbocycles. The van der Waals surface area contributed by atoms with Gasteiger partial charge in [-0.25, -0.2) is 0 Å². The molecule has 4 heteroatoms. The third-order valence-electron chi connectivity index (χ3n) is 2.58. The van der Waals surface area contributed by atoms with Gasteiger partial charge in [-0.05, 0) is 25.2 Å². The minimum Gasteiger partial charge on any atom is -0.371 e. The molecule has 0 N–H and O–H groups in total. The second kappa shape index (κ2) is 9.92. The van der Waals surface area contributed by atoms with E-state index in [4.69, 9.17) is 12.6 Å². The largest absolute Gasteiger partial charge is 0.371 e. The number of hydrogen-bond acceptors (Lipinski definition) is 3. The van der Waals surface area contributed by atoms with E-state index in [1.807, 2.05) is 0 Å². The zero-order chi connectivity index (χ0) is 11.7. The monoisotopic (exact) mass is 246 g/mol. The van der Waals surface area contributed by atoms with E-state index < -0.39 is 0 Å². The predicted octanol–water partition coefficient (Wildman–Crippen LogP) is 3.36. The minimum atomic E-state index is 0.247. The quantitative estimate of drug-likeness (QED) is 0.274. The summed E-state index contributed by atoms with van der Waals surface area (Å²) in [6.45, 7) is 5.14. The van der Waals surface area contributed by atoms with Crippen LogP contribution in [-0.2, 0) is 4.74 Å².